The average Bonchev–Trinajstić information content (AvgIpc) is 2.78. The molecule has 7 nitrogen and oxygen atoms in total. The number of amides is 1. The smallest absolute Gasteiger partial charge is 0.347 e. The van der Waals surface area contributed by atoms with Gasteiger partial charge in [-0.3, -0.25) is 14.3 Å². The van der Waals surface area contributed by atoms with Crippen LogP contribution in [-0.2, 0) is 22.5 Å². The number of carbonyl (C=O) groups excluding carboxylic acids is 1. The number of benzene rings is 1. The number of nitrogens with zero attached hydrogens (tertiary/aromatic N) is 4. The summed E-state index contributed by atoms with van der Waals surface area (Å²) in [7, 11) is 0. The fourth-order valence-corrected chi connectivity index (χ4v) is 4.33. The third-order valence-electron chi connectivity index (χ3n) is 5.93. The summed E-state index contributed by atoms with van der Waals surface area (Å²) in [6.07, 6.45) is 0.812. The maximum absolute atomic E-state index is 12.9. The highest BCUT2D eigenvalue weighted by molar-refractivity contribution is 5.76. The SMILES string of the molecule is Cc1cc(Cc2ccccc2)cc(C2CN(C(=O)CCn3c(C)cc(C)nc3=O)CCO2)n1. The molecule has 1 aliphatic heterocycles. The minimum atomic E-state index is -0.310. The van der Waals surface area contributed by atoms with Crippen LogP contribution in [0.5, 0.6) is 0 Å². The summed E-state index contributed by atoms with van der Waals surface area (Å²) in [5, 5.41) is 0. The highest BCUT2D eigenvalue weighted by Crippen LogP contribution is 2.24. The van der Waals surface area contributed by atoms with E-state index >= 15 is 0 Å². The van der Waals surface area contributed by atoms with Gasteiger partial charge in [-0.2, -0.15) is 4.98 Å². The molecule has 4 rings (SSSR count). The summed E-state index contributed by atoms with van der Waals surface area (Å²) < 4.78 is 7.55. The van der Waals surface area contributed by atoms with Gasteiger partial charge in [0.15, 0.2) is 0 Å². The third kappa shape index (κ3) is 5.73. The van der Waals surface area contributed by atoms with Crippen LogP contribution in [0.2, 0.25) is 0 Å². The van der Waals surface area contributed by atoms with Crippen LogP contribution in [-0.4, -0.2) is 45.0 Å². The first-order chi connectivity index (χ1) is 15.9. The monoisotopic (exact) mass is 446 g/mol. The first-order valence-corrected chi connectivity index (χ1v) is 11.3. The number of pyridine rings is 1. The second kappa shape index (κ2) is 10.1. The third-order valence-corrected chi connectivity index (χ3v) is 5.93. The summed E-state index contributed by atoms with van der Waals surface area (Å²) in [5.74, 6) is 0.00679. The van der Waals surface area contributed by atoms with Gasteiger partial charge in [-0.1, -0.05) is 30.3 Å². The van der Waals surface area contributed by atoms with Crippen LogP contribution in [0.25, 0.3) is 0 Å². The summed E-state index contributed by atoms with van der Waals surface area (Å²) in [6.45, 7) is 7.43. The number of hydrogen-bond donors (Lipinski definition) is 0. The van der Waals surface area contributed by atoms with Gasteiger partial charge >= 0.3 is 5.69 Å². The predicted molar refractivity (Wildman–Crippen MR) is 126 cm³/mol. The number of carbonyl (C=O) groups is 1. The molecule has 1 aliphatic rings. The van der Waals surface area contributed by atoms with E-state index in [1.807, 2.05) is 43.0 Å². The second-order valence-corrected chi connectivity index (χ2v) is 8.63. The van der Waals surface area contributed by atoms with Crippen molar-refractivity contribution < 1.29 is 9.53 Å². The molecule has 0 radical (unpaired) electrons. The highest BCUT2D eigenvalue weighted by atomic mass is 16.5. The number of rotatable bonds is 6. The summed E-state index contributed by atoms with van der Waals surface area (Å²) in [5.41, 5.74) is 5.41. The van der Waals surface area contributed by atoms with Gasteiger partial charge in [0.05, 0.1) is 18.8 Å². The normalized spacial score (nSPS) is 16.1. The van der Waals surface area contributed by atoms with E-state index in [-0.39, 0.29) is 24.1 Å². The number of ether oxygens (including phenoxy) is 1. The lowest BCUT2D eigenvalue weighted by Gasteiger charge is -2.33. The topological polar surface area (TPSA) is 77.3 Å². The Labute approximate surface area is 194 Å². The Kier molecular flexibility index (Phi) is 6.99. The minimum Gasteiger partial charge on any atom is -0.368 e. The molecule has 1 fully saturated rings. The lowest BCUT2D eigenvalue weighted by atomic mass is 10.0. The molecule has 1 amide bonds. The number of hydrogen-bond acceptors (Lipinski definition) is 5. The summed E-state index contributed by atoms with van der Waals surface area (Å²) in [4.78, 5) is 35.6. The minimum absolute atomic E-state index is 0.00679. The molecule has 33 heavy (non-hydrogen) atoms. The summed E-state index contributed by atoms with van der Waals surface area (Å²) >= 11 is 0. The Morgan fingerprint density at radius 1 is 1.03 bits per heavy atom. The largest absolute Gasteiger partial charge is 0.368 e. The van der Waals surface area contributed by atoms with E-state index in [4.69, 9.17) is 9.72 Å². The van der Waals surface area contributed by atoms with Gasteiger partial charge in [0.1, 0.15) is 6.10 Å². The standard InChI is InChI=1S/C26H30N4O3/c1-18-13-20(3)30(26(32)28-18)10-9-25(31)29-11-12-33-24(17-29)23-16-22(14-19(2)27-23)15-21-7-5-4-6-8-21/h4-8,13-14,16,24H,9-12,15,17H2,1-3H3. The zero-order valence-corrected chi connectivity index (χ0v) is 19.5. The zero-order chi connectivity index (χ0) is 23.4. The molecule has 1 aromatic carbocycles. The van der Waals surface area contributed by atoms with Crippen LogP contribution in [0, 0.1) is 20.8 Å². The van der Waals surface area contributed by atoms with Crippen LogP contribution < -0.4 is 5.69 Å². The van der Waals surface area contributed by atoms with Crippen LogP contribution in [0.1, 0.15) is 46.4 Å². The van der Waals surface area contributed by atoms with E-state index in [1.54, 1.807) is 11.5 Å². The fraction of sp³-hybridized carbons (Fsp3) is 0.385. The summed E-state index contributed by atoms with van der Waals surface area (Å²) in [6, 6.07) is 16.4. The fourth-order valence-electron chi connectivity index (χ4n) is 4.33. The van der Waals surface area contributed by atoms with Crippen LogP contribution >= 0.6 is 0 Å². The van der Waals surface area contributed by atoms with Crippen molar-refractivity contribution in [1.29, 1.82) is 0 Å². The Morgan fingerprint density at radius 2 is 1.79 bits per heavy atom. The van der Waals surface area contributed by atoms with E-state index in [1.165, 1.54) is 11.1 Å². The molecule has 1 atom stereocenters. The number of morpholine rings is 1. The molecule has 0 saturated carbocycles. The molecular weight excluding hydrogens is 416 g/mol. The Hall–Kier alpha value is -3.32. The van der Waals surface area contributed by atoms with Gasteiger partial charge in [0.25, 0.3) is 0 Å². The molecule has 2 aromatic heterocycles. The molecule has 7 heteroatoms. The van der Waals surface area contributed by atoms with Crippen molar-refractivity contribution >= 4 is 5.91 Å². The van der Waals surface area contributed by atoms with Crippen LogP contribution in [0.3, 0.4) is 0 Å². The van der Waals surface area contributed by atoms with E-state index < -0.39 is 0 Å². The van der Waals surface area contributed by atoms with Crippen molar-refractivity contribution in [3.63, 3.8) is 0 Å². The highest BCUT2D eigenvalue weighted by Gasteiger charge is 2.26. The van der Waals surface area contributed by atoms with Gasteiger partial charge in [-0.05, 0) is 56.5 Å². The quantitative estimate of drug-likeness (QED) is 0.581. The van der Waals surface area contributed by atoms with Crippen molar-refractivity contribution in [2.45, 2.75) is 46.3 Å². The predicted octanol–water partition coefficient (Wildman–Crippen LogP) is 3.14. The average molecular weight is 447 g/mol. The Balaban J connectivity index is 1.43. The molecule has 3 heterocycles. The molecule has 0 aliphatic carbocycles. The van der Waals surface area contributed by atoms with Gasteiger partial charge in [0, 0.05) is 36.6 Å². The van der Waals surface area contributed by atoms with E-state index in [2.05, 4.69) is 29.2 Å². The van der Waals surface area contributed by atoms with Gasteiger partial charge in [-0.25, -0.2) is 4.79 Å². The second-order valence-electron chi connectivity index (χ2n) is 8.63. The van der Waals surface area contributed by atoms with Crippen LogP contribution in [0.15, 0.2) is 53.3 Å². The zero-order valence-electron chi connectivity index (χ0n) is 19.5. The van der Waals surface area contributed by atoms with E-state index in [0.29, 0.717) is 31.9 Å². The van der Waals surface area contributed by atoms with Gasteiger partial charge in [-0.15, -0.1) is 0 Å². The van der Waals surface area contributed by atoms with Gasteiger partial charge in [0.2, 0.25) is 5.91 Å². The molecular formula is C26H30N4O3. The Bertz CT molecular complexity index is 1190. The molecule has 3 aromatic rings. The number of aryl methyl sites for hydroxylation is 3. The Morgan fingerprint density at radius 3 is 2.55 bits per heavy atom. The lowest BCUT2D eigenvalue weighted by Crippen LogP contribution is -2.43. The van der Waals surface area contributed by atoms with Crippen molar-refractivity contribution in [3.8, 4) is 0 Å². The van der Waals surface area contributed by atoms with Crippen molar-refractivity contribution in [2.24, 2.45) is 0 Å². The maximum atomic E-state index is 12.9. The van der Waals surface area contributed by atoms with Gasteiger partial charge < -0.3 is 9.64 Å². The molecule has 0 N–H and O–H groups in total. The van der Waals surface area contributed by atoms with Crippen LogP contribution in [0.4, 0.5) is 0 Å². The number of aromatic nitrogens is 3. The molecule has 1 unspecified atom stereocenters. The molecule has 0 bridgehead atoms. The molecule has 0 spiro atoms. The van der Waals surface area contributed by atoms with Crippen molar-refractivity contribution in [3.05, 3.63) is 92.9 Å². The molecule has 172 valence electrons. The molecule has 1 saturated heterocycles. The van der Waals surface area contributed by atoms with Crippen molar-refractivity contribution in [1.82, 2.24) is 19.4 Å². The first-order valence-electron chi connectivity index (χ1n) is 11.3. The maximum Gasteiger partial charge on any atom is 0.347 e. The van der Waals surface area contributed by atoms with E-state index in [9.17, 15) is 9.59 Å². The lowest BCUT2D eigenvalue weighted by molar-refractivity contribution is -0.139. The first kappa shape index (κ1) is 22.9. The van der Waals surface area contributed by atoms with E-state index in [0.717, 1.165) is 23.5 Å². The van der Waals surface area contributed by atoms with Crippen molar-refractivity contribution in [2.75, 3.05) is 19.7 Å².